The van der Waals surface area contributed by atoms with Gasteiger partial charge in [-0.05, 0) is 68.6 Å². The van der Waals surface area contributed by atoms with Crippen LogP contribution >= 0.6 is 11.6 Å². The molecule has 0 bridgehead atoms. The van der Waals surface area contributed by atoms with E-state index in [9.17, 15) is 9.18 Å². The SMILES string of the molecule is CC(C)NC(=O)c1cc(F)c(N2CC(CCC3CC3c3ccccc3)C2)cc1Cl. The Kier molecular flexibility index (Phi) is 5.82. The second-order valence-electron chi connectivity index (χ2n) is 8.77. The molecule has 2 unspecified atom stereocenters. The van der Waals surface area contributed by atoms with Crippen molar-refractivity contribution in [2.45, 2.75) is 45.1 Å². The van der Waals surface area contributed by atoms with Gasteiger partial charge in [0.2, 0.25) is 0 Å². The molecule has 1 aliphatic carbocycles. The molecule has 154 valence electrons. The second-order valence-corrected chi connectivity index (χ2v) is 9.18. The predicted octanol–water partition coefficient (Wildman–Crippen LogP) is 5.64. The zero-order chi connectivity index (χ0) is 20.5. The first-order chi connectivity index (χ1) is 13.9. The van der Waals surface area contributed by atoms with Crippen LogP contribution in [-0.4, -0.2) is 25.0 Å². The van der Waals surface area contributed by atoms with Crippen LogP contribution in [0.3, 0.4) is 0 Å². The van der Waals surface area contributed by atoms with Gasteiger partial charge in [0, 0.05) is 19.1 Å². The first kappa shape index (κ1) is 20.2. The van der Waals surface area contributed by atoms with E-state index in [1.165, 1.54) is 30.9 Å². The minimum Gasteiger partial charge on any atom is -0.368 e. The number of nitrogens with zero attached hydrogens (tertiary/aromatic N) is 1. The Morgan fingerprint density at radius 2 is 1.93 bits per heavy atom. The van der Waals surface area contributed by atoms with Gasteiger partial charge in [0.25, 0.3) is 5.91 Å². The molecule has 1 saturated heterocycles. The quantitative estimate of drug-likeness (QED) is 0.636. The first-order valence-corrected chi connectivity index (χ1v) is 10.9. The number of anilines is 1. The Morgan fingerprint density at radius 3 is 2.62 bits per heavy atom. The largest absolute Gasteiger partial charge is 0.368 e. The van der Waals surface area contributed by atoms with E-state index in [0.29, 0.717) is 16.6 Å². The molecule has 0 aromatic heterocycles. The number of nitrogens with one attached hydrogen (secondary N) is 1. The van der Waals surface area contributed by atoms with E-state index in [1.807, 2.05) is 18.7 Å². The summed E-state index contributed by atoms with van der Waals surface area (Å²) in [4.78, 5) is 14.2. The van der Waals surface area contributed by atoms with Crippen LogP contribution in [0, 0.1) is 17.7 Å². The maximum Gasteiger partial charge on any atom is 0.253 e. The molecular weight excluding hydrogens is 387 g/mol. The number of carbonyl (C=O) groups is 1. The van der Waals surface area contributed by atoms with Crippen LogP contribution in [0.4, 0.5) is 10.1 Å². The fourth-order valence-corrected chi connectivity index (χ4v) is 4.61. The van der Waals surface area contributed by atoms with E-state index in [2.05, 4.69) is 35.6 Å². The van der Waals surface area contributed by atoms with Gasteiger partial charge < -0.3 is 10.2 Å². The summed E-state index contributed by atoms with van der Waals surface area (Å²) in [5.41, 5.74) is 2.16. The smallest absolute Gasteiger partial charge is 0.253 e. The summed E-state index contributed by atoms with van der Waals surface area (Å²) in [5, 5.41) is 3.05. The number of rotatable bonds is 7. The lowest BCUT2D eigenvalue weighted by atomic mass is 9.92. The lowest BCUT2D eigenvalue weighted by molar-refractivity contribution is 0.0943. The monoisotopic (exact) mass is 414 g/mol. The molecule has 4 rings (SSSR count). The standard InChI is InChI=1S/C24H28ClFN2O/c1-15(2)27-24(29)20-11-22(26)23(12-21(20)25)28-13-16(14-28)8-9-18-10-19(18)17-6-4-3-5-7-17/h3-7,11-12,15-16,18-19H,8-10,13-14H2,1-2H3,(H,27,29). The van der Waals surface area contributed by atoms with E-state index in [0.717, 1.165) is 24.9 Å². The summed E-state index contributed by atoms with van der Waals surface area (Å²) >= 11 is 6.27. The van der Waals surface area contributed by atoms with Crippen LogP contribution < -0.4 is 10.2 Å². The molecule has 3 nitrogen and oxygen atoms in total. The van der Waals surface area contributed by atoms with Gasteiger partial charge in [0.05, 0.1) is 16.3 Å². The van der Waals surface area contributed by atoms with E-state index in [4.69, 9.17) is 11.6 Å². The van der Waals surface area contributed by atoms with Gasteiger partial charge in [-0.15, -0.1) is 0 Å². The Labute approximate surface area is 177 Å². The van der Waals surface area contributed by atoms with Crippen molar-refractivity contribution in [1.29, 1.82) is 0 Å². The maximum absolute atomic E-state index is 14.6. The molecule has 1 amide bonds. The predicted molar refractivity (Wildman–Crippen MR) is 116 cm³/mol. The highest BCUT2D eigenvalue weighted by atomic mass is 35.5. The average Bonchev–Trinajstić information content (AvgIpc) is 3.42. The highest BCUT2D eigenvalue weighted by molar-refractivity contribution is 6.34. The van der Waals surface area contributed by atoms with Crippen LogP contribution in [0.1, 0.15) is 54.9 Å². The zero-order valence-electron chi connectivity index (χ0n) is 17.0. The van der Waals surface area contributed by atoms with Crippen LogP contribution in [0.25, 0.3) is 0 Å². The third-order valence-electron chi connectivity index (χ3n) is 6.09. The summed E-state index contributed by atoms with van der Waals surface area (Å²) < 4.78 is 14.6. The van der Waals surface area contributed by atoms with Gasteiger partial charge in [-0.2, -0.15) is 0 Å². The summed E-state index contributed by atoms with van der Waals surface area (Å²) in [6, 6.07) is 13.6. The van der Waals surface area contributed by atoms with Crippen molar-refractivity contribution in [1.82, 2.24) is 5.32 Å². The van der Waals surface area contributed by atoms with Gasteiger partial charge >= 0.3 is 0 Å². The van der Waals surface area contributed by atoms with E-state index in [-0.39, 0.29) is 23.3 Å². The lowest BCUT2D eigenvalue weighted by Gasteiger charge is -2.41. The molecule has 5 heteroatoms. The molecule has 2 aliphatic rings. The molecule has 1 heterocycles. The lowest BCUT2D eigenvalue weighted by Crippen LogP contribution is -2.47. The van der Waals surface area contributed by atoms with Gasteiger partial charge in [0.15, 0.2) is 0 Å². The fourth-order valence-electron chi connectivity index (χ4n) is 4.37. The molecule has 2 fully saturated rings. The Hall–Kier alpha value is -2.07. The number of hydrogen-bond donors (Lipinski definition) is 1. The highest BCUT2D eigenvalue weighted by Crippen LogP contribution is 2.50. The van der Waals surface area contributed by atoms with Crippen molar-refractivity contribution in [2.75, 3.05) is 18.0 Å². The molecule has 0 spiro atoms. The molecule has 0 radical (unpaired) electrons. The van der Waals surface area contributed by atoms with Gasteiger partial charge in [-0.3, -0.25) is 4.79 Å². The zero-order valence-corrected chi connectivity index (χ0v) is 17.8. The maximum atomic E-state index is 14.6. The van der Waals surface area contributed by atoms with Gasteiger partial charge in [-0.1, -0.05) is 41.9 Å². The molecule has 29 heavy (non-hydrogen) atoms. The normalized spacial score (nSPS) is 21.2. The van der Waals surface area contributed by atoms with E-state index < -0.39 is 0 Å². The molecule has 1 N–H and O–H groups in total. The van der Waals surface area contributed by atoms with Crippen molar-refractivity contribution < 1.29 is 9.18 Å². The number of amides is 1. The Morgan fingerprint density at radius 1 is 1.21 bits per heavy atom. The molecular formula is C24H28ClFN2O. The fraction of sp³-hybridized carbons (Fsp3) is 0.458. The van der Waals surface area contributed by atoms with Crippen molar-refractivity contribution in [3.8, 4) is 0 Å². The second kappa shape index (κ2) is 8.35. The van der Waals surface area contributed by atoms with E-state index in [1.54, 1.807) is 6.07 Å². The third kappa shape index (κ3) is 4.58. The Balaban J connectivity index is 1.28. The van der Waals surface area contributed by atoms with Crippen molar-refractivity contribution in [3.63, 3.8) is 0 Å². The van der Waals surface area contributed by atoms with Crippen molar-refractivity contribution >= 4 is 23.2 Å². The van der Waals surface area contributed by atoms with Crippen LogP contribution in [-0.2, 0) is 0 Å². The summed E-state index contributed by atoms with van der Waals surface area (Å²) in [5.74, 6) is 1.42. The number of hydrogen-bond acceptors (Lipinski definition) is 2. The topological polar surface area (TPSA) is 32.3 Å². The van der Waals surface area contributed by atoms with Gasteiger partial charge in [0.1, 0.15) is 5.82 Å². The van der Waals surface area contributed by atoms with Crippen LogP contribution in [0.2, 0.25) is 5.02 Å². The summed E-state index contributed by atoms with van der Waals surface area (Å²) in [7, 11) is 0. The molecule has 1 saturated carbocycles. The summed E-state index contributed by atoms with van der Waals surface area (Å²) in [6.07, 6.45) is 3.73. The summed E-state index contributed by atoms with van der Waals surface area (Å²) in [6.45, 7) is 5.43. The molecule has 2 aromatic carbocycles. The molecule has 2 atom stereocenters. The third-order valence-corrected chi connectivity index (χ3v) is 6.41. The minimum absolute atomic E-state index is 0.0228. The number of carbonyl (C=O) groups excluding carboxylic acids is 1. The van der Waals surface area contributed by atoms with Crippen molar-refractivity contribution in [2.24, 2.45) is 11.8 Å². The number of benzene rings is 2. The minimum atomic E-state index is -0.381. The molecule has 1 aliphatic heterocycles. The van der Waals surface area contributed by atoms with E-state index >= 15 is 0 Å². The number of halogens is 2. The molecule has 2 aromatic rings. The first-order valence-electron chi connectivity index (χ1n) is 10.5. The van der Waals surface area contributed by atoms with Crippen LogP contribution in [0.5, 0.6) is 0 Å². The van der Waals surface area contributed by atoms with Gasteiger partial charge in [-0.25, -0.2) is 4.39 Å². The Bertz CT molecular complexity index is 880. The highest BCUT2D eigenvalue weighted by Gasteiger charge is 2.39. The van der Waals surface area contributed by atoms with Crippen molar-refractivity contribution in [3.05, 3.63) is 64.4 Å². The van der Waals surface area contributed by atoms with Crippen LogP contribution in [0.15, 0.2) is 42.5 Å². The average molecular weight is 415 g/mol.